The van der Waals surface area contributed by atoms with Gasteiger partial charge in [0.25, 0.3) is 0 Å². The molecule has 0 aliphatic carbocycles. The van der Waals surface area contributed by atoms with Gasteiger partial charge >= 0.3 is 12.3 Å². The van der Waals surface area contributed by atoms with Gasteiger partial charge < -0.3 is 25.0 Å². The third-order valence-electron chi connectivity index (χ3n) is 4.29. The minimum Gasteiger partial charge on any atom is -0.476 e. The van der Waals surface area contributed by atoms with Crippen molar-refractivity contribution in [3.8, 4) is 5.88 Å². The van der Waals surface area contributed by atoms with Crippen molar-refractivity contribution in [3.63, 3.8) is 0 Å². The summed E-state index contributed by atoms with van der Waals surface area (Å²) in [6, 6.07) is 2.29. The van der Waals surface area contributed by atoms with Gasteiger partial charge in [0, 0.05) is 38.4 Å². The zero-order valence-electron chi connectivity index (χ0n) is 16.5. The Bertz CT molecular complexity index is 674. The van der Waals surface area contributed by atoms with Gasteiger partial charge in [0.05, 0.1) is 18.7 Å². The number of hydrogen-bond acceptors (Lipinski definition) is 5. The van der Waals surface area contributed by atoms with Crippen LogP contribution in [0.4, 0.5) is 18.0 Å². The highest BCUT2D eigenvalue weighted by Gasteiger charge is 2.30. The van der Waals surface area contributed by atoms with Gasteiger partial charge in [0.1, 0.15) is 6.61 Å². The molecule has 1 amide bonds. The van der Waals surface area contributed by atoms with Gasteiger partial charge in [-0.25, -0.2) is 9.78 Å². The van der Waals surface area contributed by atoms with Crippen molar-refractivity contribution < 1.29 is 27.4 Å². The molecule has 1 aliphatic rings. The monoisotopic (exact) mass is 417 g/mol. The fourth-order valence-corrected chi connectivity index (χ4v) is 2.77. The zero-order valence-corrected chi connectivity index (χ0v) is 16.5. The molecule has 162 valence electrons. The number of piperidine rings is 1. The number of rotatable bonds is 6. The van der Waals surface area contributed by atoms with Crippen LogP contribution in [0.15, 0.2) is 23.3 Å². The lowest BCUT2D eigenvalue weighted by molar-refractivity contribution is -0.137. The first kappa shape index (κ1) is 22.6. The normalized spacial score (nSPS) is 15.8. The highest BCUT2D eigenvalue weighted by molar-refractivity contribution is 5.80. The molecule has 0 atom stereocenters. The Labute approximate surface area is 167 Å². The molecule has 0 spiro atoms. The number of hydrogen-bond donors (Lipinski definition) is 2. The number of ether oxygens (including phenoxy) is 2. The number of aromatic nitrogens is 1. The number of halogens is 3. The molecule has 0 saturated carbocycles. The molecule has 2 heterocycles. The van der Waals surface area contributed by atoms with Crippen molar-refractivity contribution in [2.75, 3.05) is 39.9 Å². The van der Waals surface area contributed by atoms with Crippen LogP contribution in [-0.4, -0.2) is 67.9 Å². The fraction of sp³-hybridized carbons (Fsp3) is 0.611. The molecule has 0 aromatic carbocycles. The topological polar surface area (TPSA) is 88.1 Å². The number of carbonyl (C=O) groups is 1. The summed E-state index contributed by atoms with van der Waals surface area (Å²) in [6.45, 7) is 3.95. The maximum Gasteiger partial charge on any atom is 0.417 e. The summed E-state index contributed by atoms with van der Waals surface area (Å²) in [6.07, 6.45) is -2.43. The van der Waals surface area contributed by atoms with E-state index in [0.29, 0.717) is 32.2 Å². The maximum absolute atomic E-state index is 12.5. The summed E-state index contributed by atoms with van der Waals surface area (Å²) in [4.78, 5) is 21.2. The van der Waals surface area contributed by atoms with Crippen LogP contribution in [0.25, 0.3) is 0 Å². The summed E-state index contributed by atoms with van der Waals surface area (Å²) in [5.74, 6) is 0.706. The Kier molecular flexibility index (Phi) is 8.34. The SMILES string of the molecule is CCOC(=O)N1CCC(NC(=NC)NCCOc2ccc(C(F)(F)F)cn2)CC1. The van der Waals surface area contributed by atoms with Crippen molar-refractivity contribution >= 4 is 12.1 Å². The summed E-state index contributed by atoms with van der Waals surface area (Å²) >= 11 is 0. The molecule has 1 saturated heterocycles. The van der Waals surface area contributed by atoms with E-state index in [9.17, 15) is 18.0 Å². The third kappa shape index (κ3) is 7.31. The Morgan fingerprint density at radius 1 is 1.34 bits per heavy atom. The molecule has 11 heteroatoms. The van der Waals surface area contributed by atoms with Crippen LogP contribution in [0.3, 0.4) is 0 Å². The number of carbonyl (C=O) groups excluding carboxylic acids is 1. The lowest BCUT2D eigenvalue weighted by atomic mass is 10.1. The van der Waals surface area contributed by atoms with Crippen LogP contribution in [-0.2, 0) is 10.9 Å². The van der Waals surface area contributed by atoms with E-state index in [2.05, 4.69) is 20.6 Å². The Morgan fingerprint density at radius 3 is 2.62 bits per heavy atom. The van der Waals surface area contributed by atoms with Crippen LogP contribution in [0.1, 0.15) is 25.3 Å². The molecule has 29 heavy (non-hydrogen) atoms. The average molecular weight is 417 g/mol. The van der Waals surface area contributed by atoms with E-state index in [4.69, 9.17) is 9.47 Å². The van der Waals surface area contributed by atoms with Gasteiger partial charge in [-0.05, 0) is 25.8 Å². The fourth-order valence-electron chi connectivity index (χ4n) is 2.77. The molecule has 1 aliphatic heterocycles. The molecule has 0 bridgehead atoms. The van der Waals surface area contributed by atoms with Gasteiger partial charge in [0.2, 0.25) is 5.88 Å². The minimum atomic E-state index is -4.42. The van der Waals surface area contributed by atoms with E-state index in [1.807, 2.05) is 0 Å². The predicted octanol–water partition coefficient (Wildman–Crippen LogP) is 2.27. The third-order valence-corrected chi connectivity index (χ3v) is 4.29. The van der Waals surface area contributed by atoms with Crippen molar-refractivity contribution in [1.82, 2.24) is 20.5 Å². The van der Waals surface area contributed by atoms with Gasteiger partial charge in [-0.2, -0.15) is 13.2 Å². The first-order valence-electron chi connectivity index (χ1n) is 9.38. The van der Waals surface area contributed by atoms with Crippen LogP contribution in [0.5, 0.6) is 5.88 Å². The standard InChI is InChI=1S/C18H26F3N5O3/c1-3-28-17(27)26-9-6-14(7-10-26)25-16(22-2)23-8-11-29-15-5-4-13(12-24-15)18(19,20)21/h4-5,12,14H,3,6-11H2,1-2H3,(H2,22,23,25). The van der Waals surface area contributed by atoms with Gasteiger partial charge in [0.15, 0.2) is 5.96 Å². The Balaban J connectivity index is 1.67. The van der Waals surface area contributed by atoms with Gasteiger partial charge in [-0.3, -0.25) is 4.99 Å². The quantitative estimate of drug-likeness (QED) is 0.420. The van der Waals surface area contributed by atoms with Crippen molar-refractivity contribution in [3.05, 3.63) is 23.9 Å². The zero-order chi connectivity index (χ0) is 21.3. The summed E-state index contributed by atoms with van der Waals surface area (Å²) in [5.41, 5.74) is -0.818. The maximum atomic E-state index is 12.5. The molecular weight excluding hydrogens is 391 g/mol. The lowest BCUT2D eigenvalue weighted by Crippen LogP contribution is -2.50. The summed E-state index contributed by atoms with van der Waals surface area (Å²) in [5, 5.41) is 6.36. The van der Waals surface area contributed by atoms with Crippen LogP contribution in [0, 0.1) is 0 Å². The number of amides is 1. The molecule has 2 rings (SSSR count). The van der Waals surface area contributed by atoms with E-state index in [0.717, 1.165) is 25.1 Å². The smallest absolute Gasteiger partial charge is 0.417 e. The first-order valence-corrected chi connectivity index (χ1v) is 9.38. The van der Waals surface area contributed by atoms with E-state index in [1.165, 1.54) is 6.07 Å². The second-order valence-electron chi connectivity index (χ2n) is 6.33. The van der Waals surface area contributed by atoms with Crippen molar-refractivity contribution in [1.29, 1.82) is 0 Å². The second-order valence-corrected chi connectivity index (χ2v) is 6.33. The number of guanidine groups is 1. The van der Waals surface area contributed by atoms with E-state index >= 15 is 0 Å². The molecule has 8 nitrogen and oxygen atoms in total. The van der Waals surface area contributed by atoms with Gasteiger partial charge in [-0.15, -0.1) is 0 Å². The molecule has 0 radical (unpaired) electrons. The average Bonchev–Trinajstić information content (AvgIpc) is 2.70. The number of likely N-dealkylation sites (tertiary alicyclic amines) is 1. The first-order chi connectivity index (χ1) is 13.8. The molecule has 1 fully saturated rings. The molecular formula is C18H26F3N5O3. The van der Waals surface area contributed by atoms with E-state index in [-0.39, 0.29) is 24.6 Å². The van der Waals surface area contributed by atoms with Crippen LogP contribution in [0.2, 0.25) is 0 Å². The van der Waals surface area contributed by atoms with Gasteiger partial charge in [-0.1, -0.05) is 0 Å². The lowest BCUT2D eigenvalue weighted by Gasteiger charge is -2.32. The Hall–Kier alpha value is -2.72. The minimum absolute atomic E-state index is 0.120. The second kappa shape index (κ2) is 10.7. The highest BCUT2D eigenvalue weighted by Crippen LogP contribution is 2.29. The van der Waals surface area contributed by atoms with Crippen LogP contribution < -0.4 is 15.4 Å². The summed E-state index contributed by atoms with van der Waals surface area (Å²) in [7, 11) is 1.64. The number of alkyl halides is 3. The molecule has 0 unspecified atom stereocenters. The Morgan fingerprint density at radius 2 is 2.07 bits per heavy atom. The number of pyridine rings is 1. The van der Waals surface area contributed by atoms with E-state index < -0.39 is 11.7 Å². The van der Waals surface area contributed by atoms with E-state index in [1.54, 1.807) is 18.9 Å². The largest absolute Gasteiger partial charge is 0.476 e. The van der Waals surface area contributed by atoms with Crippen molar-refractivity contribution in [2.24, 2.45) is 4.99 Å². The highest BCUT2D eigenvalue weighted by atomic mass is 19.4. The molecule has 1 aromatic heterocycles. The predicted molar refractivity (Wildman–Crippen MR) is 101 cm³/mol. The summed E-state index contributed by atoms with van der Waals surface area (Å²) < 4.78 is 47.9. The molecule has 2 N–H and O–H groups in total. The number of nitrogens with one attached hydrogen (secondary N) is 2. The van der Waals surface area contributed by atoms with Crippen molar-refractivity contribution in [2.45, 2.75) is 32.0 Å². The number of aliphatic imine (C=N–C) groups is 1. The number of nitrogens with zero attached hydrogens (tertiary/aromatic N) is 3. The van der Waals surface area contributed by atoms with Crippen LogP contribution >= 0.6 is 0 Å². The molecule has 1 aromatic rings.